The summed E-state index contributed by atoms with van der Waals surface area (Å²) in [6.07, 6.45) is -16.6. The number of aromatic nitrogens is 12. The van der Waals surface area contributed by atoms with Crippen LogP contribution in [-0.4, -0.2) is 156 Å². The first-order chi connectivity index (χ1) is 39.1. The van der Waals surface area contributed by atoms with Gasteiger partial charge >= 0.3 is 5.65 Å². The molecule has 0 saturated carbocycles. The molecule has 450 valence electrons. The normalized spacial score (nSPS) is 28.6. The van der Waals surface area contributed by atoms with Gasteiger partial charge < -0.3 is 98.9 Å². The van der Waals surface area contributed by atoms with E-state index in [4.69, 9.17) is 44.0 Å². The summed E-state index contributed by atoms with van der Waals surface area (Å²) in [5.41, 5.74) is 11.9. The van der Waals surface area contributed by atoms with E-state index in [0.717, 1.165) is 40.0 Å². The van der Waals surface area contributed by atoms with Crippen LogP contribution in [0.1, 0.15) is 29.8 Å². The van der Waals surface area contributed by atoms with Crippen molar-refractivity contribution < 1.29 is 114 Å². The summed E-state index contributed by atoms with van der Waals surface area (Å²) in [6, 6.07) is 7.47. The molecule has 0 aliphatic carbocycles. The quantitative estimate of drug-likeness (QED) is 0.0232. The maximum absolute atomic E-state index is 13.8. The van der Waals surface area contributed by atoms with Crippen molar-refractivity contribution in [1.82, 2.24) is 53.6 Å². The van der Waals surface area contributed by atoms with Crippen LogP contribution in [-0.2, 0) is 77.5 Å². The number of imidazole rings is 3. The third kappa shape index (κ3) is 12.5. The zero-order valence-corrected chi connectivity index (χ0v) is 46.3. The van der Waals surface area contributed by atoms with Crippen LogP contribution in [0.5, 0.6) is 5.88 Å². The Hall–Kier alpha value is -5.93. The molecule has 3 saturated heterocycles. The second-order valence-corrected chi connectivity index (χ2v) is 24.4. The van der Waals surface area contributed by atoms with E-state index in [9.17, 15) is 68.2 Å². The van der Waals surface area contributed by atoms with Crippen LogP contribution in [0, 0.1) is 6.92 Å². The Morgan fingerprint density at radius 1 is 0.747 bits per heavy atom. The number of hydrogen-bond donors (Lipinski definition) is 8. The van der Waals surface area contributed by atoms with Crippen LogP contribution in [0.4, 0.5) is 17.7 Å². The maximum Gasteiger partial charge on any atom is 0.309 e. The van der Waals surface area contributed by atoms with Crippen LogP contribution >= 0.6 is 31.3 Å². The van der Waals surface area contributed by atoms with Gasteiger partial charge in [0.2, 0.25) is 12.2 Å². The number of nitrogen functional groups attached to an aromatic ring is 2. The van der Waals surface area contributed by atoms with Crippen molar-refractivity contribution in [3.63, 3.8) is 0 Å². The molecule has 0 radical (unpaired) electrons. The van der Waals surface area contributed by atoms with Crippen molar-refractivity contribution in [2.45, 2.75) is 87.1 Å². The summed E-state index contributed by atoms with van der Waals surface area (Å²) in [7, 11) is -22.5. The fourth-order valence-electron chi connectivity index (χ4n) is 9.32. The van der Waals surface area contributed by atoms with Crippen molar-refractivity contribution in [1.29, 1.82) is 0 Å². The number of aliphatic hydroxyl groups is 4. The molecule has 0 spiro atoms. The lowest BCUT2D eigenvalue weighted by molar-refractivity contribution is -0.745. The number of ether oxygens (including phenoxy) is 4. The second-order valence-electron chi connectivity index (χ2n) is 18.6. The van der Waals surface area contributed by atoms with Gasteiger partial charge in [-0.05, 0) is 18.1 Å². The minimum Gasteiger partial charge on any atom is -0.856 e. The number of aryl methyl sites for hydroxylation is 2. The highest BCUT2D eigenvalue weighted by atomic mass is 31.3. The molecule has 10 rings (SSSR count). The maximum atomic E-state index is 13.8. The number of phosphoric acid groups is 4. The highest BCUT2D eigenvalue weighted by Gasteiger charge is 2.51. The largest absolute Gasteiger partial charge is 0.856 e. The number of aromatic amines is 1. The summed E-state index contributed by atoms with van der Waals surface area (Å²) in [6.45, 7) is -1.56. The standard InChI is InChI=1S/C40H51N15O24P4/c1-16-6-4-5-7-17(16)8-43-30-21-31(45-12-44-30)53(13-46-21)38-29(70-3)28(77-80(62,63)71-9-18-24(56)26(58)36(74-18)54-14-47-22-32(54)48-39(41)50-34(22)60)20(76-38)11-73-82(66,67)79-83(68,69)78-81(64,65)72-10-19-25(57)27(59)37(75-19)55-15-52(2)23-33(55)49-40(42)51-35(23)61/h4-7,12-15,18-20,24-29,36-38,56-59H,8-11H2,1-3H3,(H10-,41,42,43,44,45,48,49,50,51,60,61,62,63,64,65,66,67,68,69)/p-4/t18-,19-,20-,24?,25?,26+,27?,28?,29+,36-,37-,38-/m1/s1. The van der Waals surface area contributed by atoms with Gasteiger partial charge in [0.15, 0.2) is 52.4 Å². The average Bonchev–Trinajstić information content (AvgIpc) is 2.57. The second kappa shape index (κ2) is 23.2. The zero-order chi connectivity index (χ0) is 59.7. The highest BCUT2D eigenvalue weighted by Crippen LogP contribution is 2.63. The molecule has 10 N–H and O–H groups in total. The minimum atomic E-state index is -6.61. The number of anilines is 3. The van der Waals surface area contributed by atoms with E-state index in [1.165, 1.54) is 28.8 Å². The molecular formula is C40H47N15O24P4-4. The molecule has 7 aromatic rings. The molecule has 3 aliphatic rings. The van der Waals surface area contributed by atoms with Gasteiger partial charge in [-0.25, -0.2) is 38.1 Å². The van der Waals surface area contributed by atoms with Crippen molar-refractivity contribution >= 4 is 82.5 Å². The number of nitrogens with two attached hydrogens (primary N) is 2. The lowest BCUT2D eigenvalue weighted by atomic mass is 10.1. The zero-order valence-electron chi connectivity index (χ0n) is 42.7. The summed E-state index contributed by atoms with van der Waals surface area (Å²) in [5.74, 6) is -1.37. The van der Waals surface area contributed by atoms with Crippen LogP contribution in [0.15, 0.2) is 54.4 Å². The lowest BCUT2D eigenvalue weighted by Gasteiger charge is -2.35. The van der Waals surface area contributed by atoms with Crippen molar-refractivity contribution in [3.05, 3.63) is 71.1 Å². The Morgan fingerprint density at radius 3 is 2.05 bits per heavy atom. The van der Waals surface area contributed by atoms with E-state index >= 15 is 0 Å². The first-order valence-corrected chi connectivity index (χ1v) is 29.9. The first-order valence-electron chi connectivity index (χ1n) is 24.0. The minimum absolute atomic E-state index is 0.0367. The van der Waals surface area contributed by atoms with Crippen LogP contribution in [0.2, 0.25) is 0 Å². The van der Waals surface area contributed by atoms with Gasteiger partial charge in [0.1, 0.15) is 61.3 Å². The smallest absolute Gasteiger partial charge is 0.309 e. The van der Waals surface area contributed by atoms with Crippen LogP contribution in [0.25, 0.3) is 33.5 Å². The molecule has 43 heteroatoms. The van der Waals surface area contributed by atoms with E-state index in [1.807, 2.05) is 31.2 Å². The van der Waals surface area contributed by atoms with Crippen molar-refractivity contribution in [2.24, 2.45) is 7.05 Å². The van der Waals surface area contributed by atoms with E-state index in [0.29, 0.717) is 0 Å². The summed E-state index contributed by atoms with van der Waals surface area (Å²) in [4.78, 5) is 95.6. The Balaban J connectivity index is 0.831. The first kappa shape index (κ1) is 60.2. The Labute approximate surface area is 463 Å². The summed E-state index contributed by atoms with van der Waals surface area (Å²) < 4.78 is 108. The molecule has 3 aliphatic heterocycles. The predicted molar refractivity (Wildman–Crippen MR) is 261 cm³/mol. The lowest BCUT2D eigenvalue weighted by Crippen LogP contribution is -2.46. The molecule has 83 heavy (non-hydrogen) atoms. The van der Waals surface area contributed by atoms with Crippen LogP contribution in [0.3, 0.4) is 0 Å². The van der Waals surface area contributed by atoms with E-state index in [1.54, 1.807) is 0 Å². The van der Waals surface area contributed by atoms with Crippen LogP contribution < -0.4 is 51.6 Å². The third-order valence-corrected chi connectivity index (χ3v) is 18.3. The monoisotopic (exact) mass is 1250 g/mol. The average molecular weight is 1250 g/mol. The van der Waals surface area contributed by atoms with Gasteiger partial charge in [0.05, 0.1) is 39.5 Å². The molecule has 39 nitrogen and oxygen atoms in total. The Kier molecular flexibility index (Phi) is 16.8. The predicted octanol–water partition coefficient (Wildman–Crippen LogP) is -5.12. The summed E-state index contributed by atoms with van der Waals surface area (Å²) >= 11 is 0. The number of phosphoric ester groups is 3. The van der Waals surface area contributed by atoms with E-state index < -0.39 is 142 Å². The molecule has 3 fully saturated rings. The van der Waals surface area contributed by atoms with Gasteiger partial charge in [-0.1, -0.05) is 29.2 Å². The van der Waals surface area contributed by atoms with Gasteiger partial charge in [0, 0.05) is 19.5 Å². The van der Waals surface area contributed by atoms with Gasteiger partial charge in [0.25, 0.3) is 42.8 Å². The molecule has 0 amide bonds. The molecule has 6 aromatic heterocycles. The number of nitrogens with zero attached hydrogens (tertiary/aromatic N) is 11. The van der Waals surface area contributed by atoms with Gasteiger partial charge in [-0.15, -0.1) is 0 Å². The molecule has 9 heterocycles. The van der Waals surface area contributed by atoms with E-state index in [-0.39, 0.29) is 51.8 Å². The molecule has 1 aromatic carbocycles. The van der Waals surface area contributed by atoms with Gasteiger partial charge in [-0.2, -0.15) is 4.98 Å². The molecule has 0 bridgehead atoms. The Morgan fingerprint density at radius 2 is 1.36 bits per heavy atom. The number of hydrogen-bond acceptors (Lipinski definition) is 34. The number of benzene rings is 1. The third-order valence-electron chi connectivity index (χ3n) is 13.2. The fraction of sp³-hybridized carbons (Fsp3) is 0.475. The fourth-order valence-corrected chi connectivity index (χ4v) is 13.6. The number of nitrogens with one attached hydrogen (secondary N) is 2. The van der Waals surface area contributed by atoms with Gasteiger partial charge in [-0.3, -0.25) is 41.7 Å². The SMILES string of the molecule is CO[C@H]1C(OP(=O)([O-])OC[C@H]2O[C@@H](n3cnc4c(=O)[nH]c(N)nc43)[C@@H](O)C2O)[C@@H](COP(=O)([O-])OP(=O)([O-])OP(=O)([O-])OC[C@H]2O[C@@H]([n+]3cn(C)c4c([O-])nc(N)nc43)C(O)C2O)O[C@H]1n1cnc2c(NCc3ccccc3C)ncnc21. The number of aliphatic hydroxyl groups excluding tert-OH is 4. The number of rotatable bonds is 22. The highest BCUT2D eigenvalue weighted by molar-refractivity contribution is 7.65. The molecule has 8 unspecified atom stereocenters. The molecule has 16 atom stereocenters. The topological polar surface area (TPSA) is 563 Å². The number of methoxy groups -OCH3 is 1. The molecular weight excluding hydrogens is 1200 g/mol. The van der Waals surface area contributed by atoms with Crippen molar-refractivity contribution in [2.75, 3.05) is 43.7 Å². The van der Waals surface area contributed by atoms with Crippen molar-refractivity contribution in [3.8, 4) is 5.88 Å². The van der Waals surface area contributed by atoms with E-state index in [2.05, 4.69) is 58.3 Å². The summed E-state index contributed by atoms with van der Waals surface area (Å²) in [5, 5.41) is 58.9. The number of fused-ring (bicyclic) bond motifs is 3. The number of H-pyrrole nitrogens is 1. The Bertz CT molecular complexity index is 3840.